The van der Waals surface area contributed by atoms with Gasteiger partial charge in [-0.05, 0) is 18.2 Å². The van der Waals surface area contributed by atoms with E-state index in [0.29, 0.717) is 0 Å². The summed E-state index contributed by atoms with van der Waals surface area (Å²) < 4.78 is 33.9. The Balaban J connectivity index is 2.66. The lowest BCUT2D eigenvalue weighted by Crippen LogP contribution is -2.39. The van der Waals surface area contributed by atoms with Gasteiger partial charge in [0.1, 0.15) is 11.5 Å². The molecule has 3 rings (SSSR count). The molecule has 0 fully saturated rings. The molecule has 0 aliphatic heterocycles. The van der Waals surface area contributed by atoms with Gasteiger partial charge in [-0.2, -0.15) is 8.42 Å². The number of aromatic hydroxyl groups is 2. The normalized spacial score (nSPS) is 13.8. The SMILES string of the molecule is O=S(=O)(O)C(c1cc(O)c(Cl)cc1O)(c1ccccc1Cl)c1cccc(Cl)c1Cl. The Morgan fingerprint density at radius 1 is 0.690 bits per heavy atom. The van der Waals surface area contributed by atoms with Crippen molar-refractivity contribution in [3.63, 3.8) is 0 Å². The van der Waals surface area contributed by atoms with Gasteiger partial charge in [-0.3, -0.25) is 4.55 Å². The smallest absolute Gasteiger partial charge is 0.283 e. The fourth-order valence-electron chi connectivity index (χ4n) is 3.21. The van der Waals surface area contributed by atoms with Crippen molar-refractivity contribution in [1.29, 1.82) is 0 Å². The Morgan fingerprint density at radius 3 is 1.90 bits per heavy atom. The first-order valence-corrected chi connectivity index (χ1v) is 10.9. The molecule has 3 aromatic rings. The van der Waals surface area contributed by atoms with Crippen LogP contribution in [-0.4, -0.2) is 23.2 Å². The van der Waals surface area contributed by atoms with Crippen molar-refractivity contribution >= 4 is 56.5 Å². The molecule has 10 heteroatoms. The predicted molar refractivity (Wildman–Crippen MR) is 114 cm³/mol. The molecule has 0 bridgehead atoms. The molecule has 0 saturated heterocycles. The molecule has 1 unspecified atom stereocenters. The highest BCUT2D eigenvalue weighted by atomic mass is 35.5. The van der Waals surface area contributed by atoms with Crippen LogP contribution >= 0.6 is 46.4 Å². The molecule has 1 atom stereocenters. The second kappa shape index (κ2) is 7.87. The van der Waals surface area contributed by atoms with E-state index < -0.39 is 31.9 Å². The highest BCUT2D eigenvalue weighted by molar-refractivity contribution is 7.87. The molecule has 0 radical (unpaired) electrons. The lowest BCUT2D eigenvalue weighted by Gasteiger charge is -2.34. The third-order valence-electron chi connectivity index (χ3n) is 4.42. The molecule has 0 saturated carbocycles. The van der Waals surface area contributed by atoms with Crippen LogP contribution in [0.25, 0.3) is 0 Å². The summed E-state index contributed by atoms with van der Waals surface area (Å²) in [7, 11) is -5.14. The lowest BCUT2D eigenvalue weighted by atomic mass is 9.83. The van der Waals surface area contributed by atoms with Gasteiger partial charge in [-0.15, -0.1) is 0 Å². The van der Waals surface area contributed by atoms with Crippen LogP contribution in [0.1, 0.15) is 16.7 Å². The highest BCUT2D eigenvalue weighted by Gasteiger charge is 2.52. The van der Waals surface area contributed by atoms with Crippen molar-refractivity contribution in [1.82, 2.24) is 0 Å². The maximum Gasteiger partial charge on any atom is 0.283 e. The first-order valence-electron chi connectivity index (χ1n) is 7.90. The zero-order valence-electron chi connectivity index (χ0n) is 14.3. The van der Waals surface area contributed by atoms with Gasteiger partial charge in [0.25, 0.3) is 10.1 Å². The van der Waals surface area contributed by atoms with Gasteiger partial charge in [0.2, 0.25) is 0 Å². The number of benzene rings is 3. The van der Waals surface area contributed by atoms with Crippen LogP contribution in [0.2, 0.25) is 20.1 Å². The third kappa shape index (κ3) is 3.54. The first-order chi connectivity index (χ1) is 13.5. The van der Waals surface area contributed by atoms with Crippen molar-refractivity contribution < 1.29 is 23.2 Å². The molecule has 29 heavy (non-hydrogen) atoms. The number of hydrogen-bond acceptors (Lipinski definition) is 4. The number of phenolic OH excluding ortho intramolecular Hbond substituents is 2. The van der Waals surface area contributed by atoms with Crippen molar-refractivity contribution in [2.24, 2.45) is 0 Å². The Kier molecular flexibility index (Phi) is 5.98. The van der Waals surface area contributed by atoms with Crippen molar-refractivity contribution in [2.45, 2.75) is 4.75 Å². The van der Waals surface area contributed by atoms with E-state index in [1.165, 1.54) is 36.4 Å². The number of phenols is 2. The Hall–Kier alpha value is -1.67. The minimum Gasteiger partial charge on any atom is -0.508 e. The number of halogens is 4. The third-order valence-corrected chi connectivity index (χ3v) is 7.30. The second-order valence-corrected chi connectivity index (χ2v) is 9.22. The zero-order chi connectivity index (χ0) is 21.6. The van der Waals surface area contributed by atoms with Gasteiger partial charge in [0, 0.05) is 27.8 Å². The summed E-state index contributed by atoms with van der Waals surface area (Å²) in [6.45, 7) is 0. The number of hydrogen-bond donors (Lipinski definition) is 3. The molecular weight excluding hydrogens is 482 g/mol. The average molecular weight is 494 g/mol. The highest BCUT2D eigenvalue weighted by Crippen LogP contribution is 2.53. The van der Waals surface area contributed by atoms with Crippen molar-refractivity contribution in [2.75, 3.05) is 0 Å². The maximum atomic E-state index is 13.0. The molecule has 5 nitrogen and oxygen atoms in total. The summed E-state index contributed by atoms with van der Waals surface area (Å²) in [6.07, 6.45) is 0. The summed E-state index contributed by atoms with van der Waals surface area (Å²) in [5.41, 5.74) is -0.719. The van der Waals surface area contributed by atoms with E-state index in [4.69, 9.17) is 46.4 Å². The molecule has 0 spiro atoms. The molecule has 0 aliphatic rings. The average Bonchev–Trinajstić information content (AvgIpc) is 2.63. The van der Waals surface area contributed by atoms with E-state index >= 15 is 0 Å². The molecule has 152 valence electrons. The summed E-state index contributed by atoms with van der Waals surface area (Å²) in [4.78, 5) is 0. The van der Waals surface area contributed by atoms with Crippen molar-refractivity contribution in [3.8, 4) is 11.5 Å². The Morgan fingerprint density at radius 2 is 1.28 bits per heavy atom. The van der Waals surface area contributed by atoms with Gasteiger partial charge < -0.3 is 10.2 Å². The quantitative estimate of drug-likeness (QED) is 0.239. The van der Waals surface area contributed by atoms with Gasteiger partial charge >= 0.3 is 0 Å². The monoisotopic (exact) mass is 492 g/mol. The van der Waals surface area contributed by atoms with E-state index in [9.17, 15) is 23.2 Å². The molecule has 0 heterocycles. The topological polar surface area (TPSA) is 94.8 Å². The van der Waals surface area contributed by atoms with Crippen LogP contribution in [-0.2, 0) is 14.9 Å². The van der Waals surface area contributed by atoms with Crippen LogP contribution in [0.4, 0.5) is 0 Å². The Bertz CT molecular complexity index is 1210. The van der Waals surface area contributed by atoms with Gasteiger partial charge in [0.05, 0.1) is 15.1 Å². The minimum atomic E-state index is -5.14. The molecule has 0 aromatic heterocycles. The lowest BCUT2D eigenvalue weighted by molar-refractivity contribution is 0.434. The summed E-state index contributed by atoms with van der Waals surface area (Å²) >= 11 is 24.6. The minimum absolute atomic E-state index is 0.00178. The van der Waals surface area contributed by atoms with E-state index in [1.54, 1.807) is 6.07 Å². The van der Waals surface area contributed by atoms with Crippen LogP contribution in [0.5, 0.6) is 11.5 Å². The fourth-order valence-corrected chi connectivity index (χ4v) is 5.54. The van der Waals surface area contributed by atoms with E-state index in [0.717, 1.165) is 12.1 Å². The van der Waals surface area contributed by atoms with E-state index in [2.05, 4.69) is 0 Å². The molecule has 3 N–H and O–H groups in total. The van der Waals surface area contributed by atoms with E-state index in [1.807, 2.05) is 0 Å². The summed E-state index contributed by atoms with van der Waals surface area (Å²) in [5.74, 6) is -1.15. The van der Waals surface area contributed by atoms with Gasteiger partial charge in [-0.1, -0.05) is 76.7 Å². The second-order valence-electron chi connectivity index (χ2n) is 6.06. The van der Waals surface area contributed by atoms with Gasteiger partial charge in [0.15, 0.2) is 4.75 Å². The molecule has 0 amide bonds. The van der Waals surface area contributed by atoms with Crippen LogP contribution in [0, 0.1) is 0 Å². The summed E-state index contributed by atoms with van der Waals surface area (Å²) in [6, 6.07) is 11.8. The number of rotatable bonds is 4. The van der Waals surface area contributed by atoms with E-state index in [-0.39, 0.29) is 31.2 Å². The standard InChI is InChI=1S/C19H12Cl4O5S/c20-13-6-2-1-4-10(13)19(29(26,27)28,11-5-3-7-14(21)18(11)23)12-8-17(25)15(22)9-16(12)24/h1-9,24-25H,(H,26,27,28). The van der Waals surface area contributed by atoms with Crippen LogP contribution < -0.4 is 0 Å². The molecular formula is C19H12Cl4O5S. The predicted octanol–water partition coefficient (Wildman–Crippen LogP) is 5.89. The maximum absolute atomic E-state index is 13.0. The Labute approximate surface area is 186 Å². The van der Waals surface area contributed by atoms with Crippen LogP contribution in [0.15, 0.2) is 54.6 Å². The zero-order valence-corrected chi connectivity index (χ0v) is 18.1. The molecule has 3 aromatic carbocycles. The van der Waals surface area contributed by atoms with Crippen molar-refractivity contribution in [3.05, 3.63) is 91.4 Å². The summed E-state index contributed by atoms with van der Waals surface area (Å²) in [5, 5.41) is 20.3. The van der Waals surface area contributed by atoms with Crippen LogP contribution in [0.3, 0.4) is 0 Å². The first kappa shape index (κ1) is 22.0. The molecule has 0 aliphatic carbocycles. The fraction of sp³-hybridized carbons (Fsp3) is 0.0526. The largest absolute Gasteiger partial charge is 0.508 e. The van der Waals surface area contributed by atoms with Gasteiger partial charge in [-0.25, -0.2) is 0 Å².